The number of nitrogens with zero attached hydrogens (tertiary/aromatic N) is 2. The topological polar surface area (TPSA) is 48.9 Å². The van der Waals surface area contributed by atoms with E-state index in [1.165, 1.54) is 24.8 Å². The summed E-state index contributed by atoms with van der Waals surface area (Å²) in [6, 6.07) is 8.26. The van der Waals surface area contributed by atoms with Gasteiger partial charge in [-0.2, -0.15) is 0 Å². The summed E-state index contributed by atoms with van der Waals surface area (Å²) in [6.45, 7) is 6.92. The summed E-state index contributed by atoms with van der Waals surface area (Å²) in [5, 5.41) is 7.76. The highest BCUT2D eigenvalue weighted by Crippen LogP contribution is 2.48. The quantitative estimate of drug-likeness (QED) is 0.246. The molecule has 0 unspecified atom stereocenters. The lowest BCUT2D eigenvalue weighted by atomic mass is 9.96. The number of morpholine rings is 1. The van der Waals surface area contributed by atoms with Gasteiger partial charge in [-0.05, 0) is 49.9 Å². The normalized spacial score (nSPS) is 19.3. The molecule has 2 aliphatic rings. The van der Waals surface area contributed by atoms with E-state index in [1.54, 1.807) is 0 Å². The molecule has 2 N–H and O–H groups in total. The molecule has 152 valence electrons. The van der Waals surface area contributed by atoms with Crippen LogP contribution in [0.2, 0.25) is 5.02 Å². The van der Waals surface area contributed by atoms with Crippen LogP contribution in [0.5, 0.6) is 0 Å². The first-order valence-electron chi connectivity index (χ1n) is 9.72. The first-order chi connectivity index (χ1) is 12.7. The fourth-order valence-corrected chi connectivity index (χ4v) is 3.69. The average Bonchev–Trinajstić information content (AvgIpc) is 3.46. The van der Waals surface area contributed by atoms with Gasteiger partial charge in [0.05, 0.1) is 13.2 Å². The van der Waals surface area contributed by atoms with E-state index in [-0.39, 0.29) is 29.4 Å². The minimum absolute atomic E-state index is 0. The highest BCUT2D eigenvalue weighted by atomic mass is 127. The van der Waals surface area contributed by atoms with Crippen LogP contribution in [-0.2, 0) is 10.2 Å². The van der Waals surface area contributed by atoms with E-state index in [0.29, 0.717) is 0 Å². The Bertz CT molecular complexity index is 603. The summed E-state index contributed by atoms with van der Waals surface area (Å²) < 4.78 is 5.39. The van der Waals surface area contributed by atoms with Crippen LogP contribution in [0.15, 0.2) is 29.3 Å². The van der Waals surface area contributed by atoms with Crippen molar-refractivity contribution >= 4 is 41.5 Å². The second-order valence-corrected chi connectivity index (χ2v) is 7.74. The minimum atomic E-state index is 0. The van der Waals surface area contributed by atoms with E-state index in [9.17, 15) is 0 Å². The molecule has 27 heavy (non-hydrogen) atoms. The number of aliphatic imine (C=N–C) groups is 1. The van der Waals surface area contributed by atoms with Crippen LogP contribution in [0, 0.1) is 0 Å². The van der Waals surface area contributed by atoms with Crippen molar-refractivity contribution in [2.75, 3.05) is 53.0 Å². The molecular formula is C20H32ClIN4O. The summed E-state index contributed by atoms with van der Waals surface area (Å²) in [6.07, 6.45) is 4.77. The number of unbranched alkanes of at least 4 members (excludes halogenated alkanes) is 1. The second-order valence-electron chi connectivity index (χ2n) is 7.30. The minimum Gasteiger partial charge on any atom is -0.379 e. The lowest BCUT2D eigenvalue weighted by Gasteiger charge is -2.26. The molecule has 1 heterocycles. The van der Waals surface area contributed by atoms with Crippen LogP contribution in [-0.4, -0.2) is 63.8 Å². The molecule has 0 amide bonds. The van der Waals surface area contributed by atoms with E-state index in [2.05, 4.69) is 32.7 Å². The Balaban J connectivity index is 0.00000261. The van der Waals surface area contributed by atoms with Gasteiger partial charge in [0.2, 0.25) is 0 Å². The summed E-state index contributed by atoms with van der Waals surface area (Å²) >= 11 is 6.16. The van der Waals surface area contributed by atoms with Crippen molar-refractivity contribution in [1.29, 1.82) is 0 Å². The number of benzene rings is 1. The zero-order valence-corrected chi connectivity index (χ0v) is 19.3. The SMILES string of the molecule is CN=C(NCCCCN1CCOCC1)NCC1(c2cccc(Cl)c2)CC1.I. The first-order valence-corrected chi connectivity index (χ1v) is 10.1. The van der Waals surface area contributed by atoms with Crippen molar-refractivity contribution in [3.8, 4) is 0 Å². The maximum Gasteiger partial charge on any atom is 0.191 e. The molecule has 0 atom stereocenters. The number of guanidine groups is 1. The third-order valence-electron chi connectivity index (χ3n) is 5.41. The predicted octanol–water partition coefficient (Wildman–Crippen LogP) is 3.27. The molecule has 1 aromatic carbocycles. The molecule has 2 fully saturated rings. The van der Waals surface area contributed by atoms with Crippen LogP contribution in [0.3, 0.4) is 0 Å². The summed E-state index contributed by atoms with van der Waals surface area (Å²) in [7, 11) is 1.84. The van der Waals surface area contributed by atoms with E-state index in [4.69, 9.17) is 16.3 Å². The molecule has 0 bridgehead atoms. The van der Waals surface area contributed by atoms with Gasteiger partial charge in [-0.15, -0.1) is 24.0 Å². The number of hydrogen-bond acceptors (Lipinski definition) is 3. The van der Waals surface area contributed by atoms with Crippen molar-refractivity contribution in [3.05, 3.63) is 34.9 Å². The van der Waals surface area contributed by atoms with Gasteiger partial charge in [0.1, 0.15) is 0 Å². The predicted molar refractivity (Wildman–Crippen MR) is 124 cm³/mol. The van der Waals surface area contributed by atoms with E-state index in [1.807, 2.05) is 19.2 Å². The molecule has 1 saturated heterocycles. The monoisotopic (exact) mass is 506 g/mol. The standard InChI is InChI=1S/C20H31ClN4O.HI/c1-22-19(23-9-2-3-10-25-11-13-26-14-12-25)24-16-20(7-8-20)17-5-4-6-18(21)15-17;/h4-6,15H,2-3,7-14,16H2,1H3,(H2,22,23,24);1H. The van der Waals surface area contributed by atoms with Gasteiger partial charge >= 0.3 is 0 Å². The van der Waals surface area contributed by atoms with Crippen LogP contribution in [0.1, 0.15) is 31.2 Å². The molecule has 0 aromatic heterocycles. The van der Waals surface area contributed by atoms with Gasteiger partial charge in [0, 0.05) is 43.7 Å². The van der Waals surface area contributed by atoms with Crippen molar-refractivity contribution in [3.63, 3.8) is 0 Å². The molecule has 0 radical (unpaired) electrons. The van der Waals surface area contributed by atoms with Gasteiger partial charge in [-0.25, -0.2) is 0 Å². The fraction of sp³-hybridized carbons (Fsp3) is 0.650. The van der Waals surface area contributed by atoms with Crippen molar-refractivity contribution in [2.24, 2.45) is 4.99 Å². The number of rotatable bonds is 8. The zero-order valence-electron chi connectivity index (χ0n) is 16.2. The molecular weight excluding hydrogens is 475 g/mol. The number of nitrogens with one attached hydrogen (secondary N) is 2. The van der Waals surface area contributed by atoms with Crippen molar-refractivity contribution < 1.29 is 4.74 Å². The van der Waals surface area contributed by atoms with Gasteiger partial charge in [-0.1, -0.05) is 23.7 Å². The van der Waals surface area contributed by atoms with Gasteiger partial charge < -0.3 is 15.4 Å². The number of hydrogen-bond donors (Lipinski definition) is 2. The highest BCUT2D eigenvalue weighted by Gasteiger charge is 2.44. The smallest absolute Gasteiger partial charge is 0.191 e. The largest absolute Gasteiger partial charge is 0.379 e. The van der Waals surface area contributed by atoms with Gasteiger partial charge in [0.25, 0.3) is 0 Å². The van der Waals surface area contributed by atoms with E-state index >= 15 is 0 Å². The lowest BCUT2D eigenvalue weighted by Crippen LogP contribution is -2.41. The number of ether oxygens (including phenoxy) is 1. The maximum atomic E-state index is 6.16. The van der Waals surface area contributed by atoms with Crippen molar-refractivity contribution in [1.82, 2.24) is 15.5 Å². The van der Waals surface area contributed by atoms with E-state index in [0.717, 1.165) is 63.3 Å². The van der Waals surface area contributed by atoms with Gasteiger partial charge in [-0.3, -0.25) is 9.89 Å². The molecule has 1 aromatic rings. The van der Waals surface area contributed by atoms with Crippen LogP contribution in [0.25, 0.3) is 0 Å². The summed E-state index contributed by atoms with van der Waals surface area (Å²) in [4.78, 5) is 6.84. The maximum absolute atomic E-state index is 6.16. The Morgan fingerprint density at radius 1 is 1.22 bits per heavy atom. The summed E-state index contributed by atoms with van der Waals surface area (Å²) in [5.74, 6) is 0.893. The molecule has 1 aliphatic heterocycles. The Labute approximate surface area is 185 Å². The van der Waals surface area contributed by atoms with Gasteiger partial charge in [0.15, 0.2) is 5.96 Å². The Hall–Kier alpha value is -0.570. The Morgan fingerprint density at radius 3 is 2.67 bits per heavy atom. The van der Waals surface area contributed by atoms with E-state index < -0.39 is 0 Å². The molecule has 1 saturated carbocycles. The van der Waals surface area contributed by atoms with Crippen LogP contribution < -0.4 is 10.6 Å². The highest BCUT2D eigenvalue weighted by molar-refractivity contribution is 14.0. The molecule has 7 heteroatoms. The summed E-state index contributed by atoms with van der Waals surface area (Å²) in [5.41, 5.74) is 1.55. The Kier molecular flexibility index (Phi) is 9.62. The third-order valence-corrected chi connectivity index (χ3v) is 5.64. The average molecular weight is 507 g/mol. The first kappa shape index (κ1) is 22.7. The number of halogens is 2. The molecule has 1 aliphatic carbocycles. The molecule has 3 rings (SSSR count). The van der Waals surface area contributed by atoms with Crippen LogP contribution >= 0.6 is 35.6 Å². The zero-order chi connectivity index (χ0) is 18.2. The molecule has 0 spiro atoms. The lowest BCUT2D eigenvalue weighted by molar-refractivity contribution is 0.0372. The second kappa shape index (κ2) is 11.4. The fourth-order valence-electron chi connectivity index (χ4n) is 3.50. The van der Waals surface area contributed by atoms with Crippen molar-refractivity contribution in [2.45, 2.75) is 31.1 Å². The molecule has 5 nitrogen and oxygen atoms in total. The van der Waals surface area contributed by atoms with Crippen LogP contribution in [0.4, 0.5) is 0 Å². The Morgan fingerprint density at radius 2 is 2.00 bits per heavy atom. The third kappa shape index (κ3) is 7.07.